The van der Waals surface area contributed by atoms with Crippen LogP contribution >= 0.6 is 11.6 Å². The first-order valence-corrected chi connectivity index (χ1v) is 6.10. The van der Waals surface area contributed by atoms with Gasteiger partial charge in [0, 0.05) is 11.1 Å². The van der Waals surface area contributed by atoms with Crippen molar-refractivity contribution in [1.82, 2.24) is 0 Å². The smallest absolute Gasteiger partial charge is 0.120 e. The summed E-state index contributed by atoms with van der Waals surface area (Å²) in [7, 11) is 0. The van der Waals surface area contributed by atoms with Crippen LogP contribution in [0.5, 0.6) is 5.75 Å². The summed E-state index contributed by atoms with van der Waals surface area (Å²) in [4.78, 5) is 0. The summed E-state index contributed by atoms with van der Waals surface area (Å²) in [5.74, 6) is 1.32. The Morgan fingerprint density at radius 1 is 1.38 bits per heavy atom. The molecule has 3 heteroatoms. The fourth-order valence-corrected chi connectivity index (χ4v) is 1.69. The number of hydrogen-bond donors (Lipinski definition) is 1. The van der Waals surface area contributed by atoms with Crippen LogP contribution in [0.4, 0.5) is 0 Å². The molecule has 0 aromatic heterocycles. The van der Waals surface area contributed by atoms with E-state index in [1.807, 2.05) is 25.1 Å². The van der Waals surface area contributed by atoms with E-state index in [0.717, 1.165) is 17.7 Å². The third-order valence-electron chi connectivity index (χ3n) is 2.39. The number of rotatable bonds is 5. The zero-order valence-corrected chi connectivity index (χ0v) is 10.9. The molecule has 1 aromatic carbocycles. The zero-order valence-electron chi connectivity index (χ0n) is 10.2. The third-order valence-corrected chi connectivity index (χ3v) is 2.72. The van der Waals surface area contributed by atoms with E-state index in [0.29, 0.717) is 17.5 Å². The van der Waals surface area contributed by atoms with Gasteiger partial charge in [-0.3, -0.25) is 0 Å². The van der Waals surface area contributed by atoms with E-state index in [4.69, 9.17) is 22.1 Å². The minimum absolute atomic E-state index is 0.00616. The molecule has 0 bridgehead atoms. The fourth-order valence-electron chi connectivity index (χ4n) is 1.38. The molecule has 1 atom stereocenters. The molecule has 0 aliphatic rings. The van der Waals surface area contributed by atoms with Crippen molar-refractivity contribution in [2.24, 2.45) is 11.7 Å². The topological polar surface area (TPSA) is 35.2 Å². The number of halogens is 1. The second kappa shape index (κ2) is 6.12. The quantitative estimate of drug-likeness (QED) is 0.852. The van der Waals surface area contributed by atoms with Gasteiger partial charge < -0.3 is 10.5 Å². The SMILES string of the molecule is CCC(N)c1ccc(OCC(C)C)cc1Cl. The van der Waals surface area contributed by atoms with Crippen molar-refractivity contribution in [2.45, 2.75) is 33.2 Å². The van der Waals surface area contributed by atoms with Gasteiger partial charge in [0.25, 0.3) is 0 Å². The van der Waals surface area contributed by atoms with E-state index in [-0.39, 0.29) is 6.04 Å². The summed E-state index contributed by atoms with van der Waals surface area (Å²) in [6.07, 6.45) is 0.881. The fraction of sp³-hybridized carbons (Fsp3) is 0.538. The monoisotopic (exact) mass is 241 g/mol. The molecule has 1 aromatic rings. The van der Waals surface area contributed by atoms with Crippen LogP contribution in [-0.2, 0) is 0 Å². The van der Waals surface area contributed by atoms with Gasteiger partial charge in [-0.05, 0) is 30.0 Å². The van der Waals surface area contributed by atoms with E-state index in [2.05, 4.69) is 13.8 Å². The Morgan fingerprint density at radius 2 is 2.06 bits per heavy atom. The lowest BCUT2D eigenvalue weighted by Gasteiger charge is -2.14. The molecule has 1 unspecified atom stereocenters. The lowest BCUT2D eigenvalue weighted by Crippen LogP contribution is -2.09. The van der Waals surface area contributed by atoms with E-state index >= 15 is 0 Å². The minimum Gasteiger partial charge on any atom is -0.493 e. The maximum Gasteiger partial charge on any atom is 0.120 e. The maximum atomic E-state index is 6.16. The Balaban J connectivity index is 2.74. The molecule has 2 nitrogen and oxygen atoms in total. The summed E-state index contributed by atoms with van der Waals surface area (Å²) in [5.41, 5.74) is 6.93. The van der Waals surface area contributed by atoms with Gasteiger partial charge >= 0.3 is 0 Å². The maximum absolute atomic E-state index is 6.16. The Bertz CT molecular complexity index is 339. The summed E-state index contributed by atoms with van der Waals surface area (Å²) in [5, 5.41) is 0.690. The van der Waals surface area contributed by atoms with Gasteiger partial charge in [0.2, 0.25) is 0 Å². The molecule has 0 aliphatic heterocycles. The van der Waals surface area contributed by atoms with Crippen LogP contribution in [-0.4, -0.2) is 6.61 Å². The molecule has 0 fully saturated rings. The second-order valence-electron chi connectivity index (χ2n) is 4.40. The minimum atomic E-state index is 0.00616. The van der Waals surface area contributed by atoms with E-state index in [1.165, 1.54) is 0 Å². The van der Waals surface area contributed by atoms with Gasteiger partial charge in [0.1, 0.15) is 5.75 Å². The van der Waals surface area contributed by atoms with Gasteiger partial charge in [-0.15, -0.1) is 0 Å². The summed E-state index contributed by atoms with van der Waals surface area (Å²) < 4.78 is 5.59. The van der Waals surface area contributed by atoms with Crippen LogP contribution in [0.3, 0.4) is 0 Å². The molecule has 0 saturated carbocycles. The molecular weight excluding hydrogens is 222 g/mol. The predicted molar refractivity (Wildman–Crippen MR) is 69.0 cm³/mol. The molecule has 0 saturated heterocycles. The molecule has 2 N–H and O–H groups in total. The largest absolute Gasteiger partial charge is 0.493 e. The molecule has 1 rings (SSSR count). The lowest BCUT2D eigenvalue weighted by atomic mass is 10.1. The second-order valence-corrected chi connectivity index (χ2v) is 4.81. The lowest BCUT2D eigenvalue weighted by molar-refractivity contribution is 0.271. The highest BCUT2D eigenvalue weighted by Crippen LogP contribution is 2.27. The van der Waals surface area contributed by atoms with Crippen molar-refractivity contribution >= 4 is 11.6 Å². The molecule has 0 amide bonds. The molecule has 16 heavy (non-hydrogen) atoms. The molecule has 0 spiro atoms. The third kappa shape index (κ3) is 3.69. The first kappa shape index (κ1) is 13.3. The van der Waals surface area contributed by atoms with Gasteiger partial charge in [0.15, 0.2) is 0 Å². The molecule has 0 heterocycles. The average molecular weight is 242 g/mol. The number of ether oxygens (including phenoxy) is 1. The van der Waals surface area contributed by atoms with Crippen molar-refractivity contribution in [3.05, 3.63) is 28.8 Å². The van der Waals surface area contributed by atoms with Crippen LogP contribution < -0.4 is 10.5 Å². The van der Waals surface area contributed by atoms with Crippen LogP contribution in [0.1, 0.15) is 38.8 Å². The molecular formula is C13H20ClNO. The van der Waals surface area contributed by atoms with E-state index in [9.17, 15) is 0 Å². The number of benzene rings is 1. The van der Waals surface area contributed by atoms with Gasteiger partial charge in [-0.2, -0.15) is 0 Å². The van der Waals surface area contributed by atoms with E-state index < -0.39 is 0 Å². The standard InChI is InChI=1S/C13H20ClNO/c1-4-13(15)11-6-5-10(7-12(11)14)16-8-9(2)3/h5-7,9,13H,4,8,15H2,1-3H3. The highest BCUT2D eigenvalue weighted by atomic mass is 35.5. The van der Waals surface area contributed by atoms with Crippen molar-refractivity contribution in [3.63, 3.8) is 0 Å². The first-order valence-electron chi connectivity index (χ1n) is 5.72. The summed E-state index contributed by atoms with van der Waals surface area (Å²) >= 11 is 6.16. The Morgan fingerprint density at radius 3 is 2.56 bits per heavy atom. The van der Waals surface area contributed by atoms with Crippen molar-refractivity contribution < 1.29 is 4.74 Å². The molecule has 0 radical (unpaired) electrons. The van der Waals surface area contributed by atoms with Crippen molar-refractivity contribution in [2.75, 3.05) is 6.61 Å². The number of hydrogen-bond acceptors (Lipinski definition) is 2. The van der Waals surface area contributed by atoms with Crippen LogP contribution in [0, 0.1) is 5.92 Å². The molecule has 0 aliphatic carbocycles. The van der Waals surface area contributed by atoms with Gasteiger partial charge in [0.05, 0.1) is 6.61 Å². The Hall–Kier alpha value is -0.730. The normalized spacial score (nSPS) is 12.9. The van der Waals surface area contributed by atoms with Gasteiger partial charge in [-0.25, -0.2) is 0 Å². The highest BCUT2D eigenvalue weighted by molar-refractivity contribution is 6.31. The van der Waals surface area contributed by atoms with E-state index in [1.54, 1.807) is 0 Å². The average Bonchev–Trinajstić information content (AvgIpc) is 2.25. The van der Waals surface area contributed by atoms with Crippen LogP contribution in [0.25, 0.3) is 0 Å². The van der Waals surface area contributed by atoms with Crippen molar-refractivity contribution in [3.8, 4) is 5.75 Å². The Kier molecular flexibility index (Phi) is 5.10. The zero-order chi connectivity index (χ0) is 12.1. The molecule has 90 valence electrons. The highest BCUT2D eigenvalue weighted by Gasteiger charge is 2.09. The van der Waals surface area contributed by atoms with Crippen LogP contribution in [0.15, 0.2) is 18.2 Å². The predicted octanol–water partition coefficient (Wildman–Crippen LogP) is 3.78. The number of nitrogens with two attached hydrogens (primary N) is 1. The van der Waals surface area contributed by atoms with Gasteiger partial charge in [-0.1, -0.05) is 38.4 Å². The first-order chi connectivity index (χ1) is 7.54. The summed E-state index contributed by atoms with van der Waals surface area (Å²) in [6, 6.07) is 5.73. The van der Waals surface area contributed by atoms with Crippen molar-refractivity contribution in [1.29, 1.82) is 0 Å². The summed E-state index contributed by atoms with van der Waals surface area (Å²) in [6.45, 7) is 6.98. The van der Waals surface area contributed by atoms with Crippen LogP contribution in [0.2, 0.25) is 5.02 Å². The Labute approximate surface area is 103 Å².